The zero-order valence-electron chi connectivity index (χ0n) is 20.3. The molecule has 3 aromatic rings. The van der Waals surface area contributed by atoms with Gasteiger partial charge in [0.05, 0.1) is 10.7 Å². The van der Waals surface area contributed by atoms with Crippen LogP contribution in [0.15, 0.2) is 47.1 Å². The maximum absolute atomic E-state index is 9.77. The molecule has 0 spiro atoms. The van der Waals surface area contributed by atoms with Gasteiger partial charge in [-0.05, 0) is 48.7 Å². The summed E-state index contributed by atoms with van der Waals surface area (Å²) in [6.45, 7) is 4.80. The topological polar surface area (TPSA) is 165 Å². The van der Waals surface area contributed by atoms with E-state index in [1.54, 1.807) is 6.26 Å². The van der Waals surface area contributed by atoms with Crippen LogP contribution in [0.5, 0.6) is 0 Å². The number of nitrogens with zero attached hydrogens (tertiary/aromatic N) is 1. The number of aryl methyl sites for hydroxylation is 1. The Balaban J connectivity index is 0.000000325. The Labute approximate surface area is 218 Å². The molecule has 6 N–H and O–H groups in total. The smallest absolute Gasteiger partial charge is 0.335 e. The fourth-order valence-corrected chi connectivity index (χ4v) is 4.04. The third kappa shape index (κ3) is 7.53. The summed E-state index contributed by atoms with van der Waals surface area (Å²) in [5, 5.41) is 40.3. The zero-order chi connectivity index (χ0) is 26.9. The van der Waals surface area contributed by atoms with E-state index in [1.165, 1.54) is 16.7 Å². The van der Waals surface area contributed by atoms with E-state index in [0.29, 0.717) is 0 Å². The summed E-state index contributed by atoms with van der Waals surface area (Å²) in [7, 11) is 0. The van der Waals surface area contributed by atoms with Crippen LogP contribution >= 0.6 is 11.6 Å². The van der Waals surface area contributed by atoms with Crippen LogP contribution in [0.1, 0.15) is 29.5 Å². The van der Waals surface area contributed by atoms with Crippen molar-refractivity contribution < 1.29 is 34.4 Å². The summed E-state index contributed by atoms with van der Waals surface area (Å²) in [6, 6.07) is 12.6. The monoisotopic (exact) mass is 531 g/mol. The number of hydrogen-bond acceptors (Lipinski definition) is 8. The number of oxazole rings is 1. The molecule has 1 aliphatic heterocycles. The van der Waals surface area contributed by atoms with Crippen molar-refractivity contribution in [1.29, 1.82) is 0 Å². The number of nitrogens with one attached hydrogen (secondary N) is 2. The second kappa shape index (κ2) is 13.2. The van der Waals surface area contributed by atoms with Crippen LogP contribution in [0, 0.1) is 0 Å². The van der Waals surface area contributed by atoms with Gasteiger partial charge >= 0.3 is 11.9 Å². The number of benzene rings is 2. The number of aliphatic hydroxyl groups excluding tert-OH is 2. The molecule has 37 heavy (non-hydrogen) atoms. The van der Waals surface area contributed by atoms with Gasteiger partial charge in [0.1, 0.15) is 12.0 Å². The van der Waals surface area contributed by atoms with Crippen LogP contribution in [-0.4, -0.2) is 62.6 Å². The molecule has 4 rings (SSSR count). The number of aromatic nitrogens is 1. The maximum atomic E-state index is 9.77. The van der Waals surface area contributed by atoms with Gasteiger partial charge in [-0.15, -0.1) is 0 Å². The fraction of sp³-hybridized carbons (Fsp3) is 0.346. The Hall–Kier alpha value is -3.44. The number of carboxylic acids is 2. The van der Waals surface area contributed by atoms with Gasteiger partial charge < -0.3 is 35.5 Å². The second-order valence-corrected chi connectivity index (χ2v) is 8.81. The minimum atomic E-state index is -2.27. The number of hydrogen-bond donors (Lipinski definition) is 6. The first-order valence-corrected chi connectivity index (χ1v) is 12.2. The quantitative estimate of drug-likeness (QED) is 0.254. The van der Waals surface area contributed by atoms with Crippen LogP contribution in [-0.2, 0) is 35.4 Å². The predicted octanol–water partition coefficient (Wildman–Crippen LogP) is 2.74. The van der Waals surface area contributed by atoms with Crippen LogP contribution in [0.25, 0.3) is 11.3 Å². The van der Waals surface area contributed by atoms with Gasteiger partial charge in [-0.3, -0.25) is 0 Å². The first-order chi connectivity index (χ1) is 17.7. The Bertz CT molecular complexity index is 1200. The molecule has 2 heterocycles. The van der Waals surface area contributed by atoms with Crippen molar-refractivity contribution in [3.05, 3.63) is 70.3 Å². The summed E-state index contributed by atoms with van der Waals surface area (Å²) in [6.07, 6.45) is 0.0462. The highest BCUT2D eigenvalue weighted by molar-refractivity contribution is 6.33. The number of rotatable bonds is 8. The standard InChI is InChI=1S/C22H24ClN3O.C4H6O6/c1-2-21-26-20(14-27-21)17-5-3-15(4-6-17)13-25-22-18-10-12-24-11-9-16(18)7-8-19(22)23;5-1(3(7)8)2(6)4(9)10/h3-8,14,24-25H,2,9-13H2,1H3;1-2,5-6H,(H,7,8)(H,9,10)/t;1-,2-/m.1/s1. The average molecular weight is 532 g/mol. The van der Waals surface area contributed by atoms with Gasteiger partial charge in [0.25, 0.3) is 0 Å². The minimum absolute atomic E-state index is 0.739. The average Bonchev–Trinajstić information content (AvgIpc) is 3.25. The van der Waals surface area contributed by atoms with E-state index >= 15 is 0 Å². The lowest BCUT2D eigenvalue weighted by Gasteiger charge is -2.16. The highest BCUT2D eigenvalue weighted by Gasteiger charge is 2.29. The molecule has 11 heteroatoms. The van der Waals surface area contributed by atoms with Crippen LogP contribution in [0.3, 0.4) is 0 Å². The molecule has 0 unspecified atom stereocenters. The van der Waals surface area contributed by atoms with Gasteiger partial charge in [0.15, 0.2) is 18.1 Å². The molecule has 1 aromatic heterocycles. The maximum Gasteiger partial charge on any atom is 0.335 e. The van der Waals surface area contributed by atoms with Crippen molar-refractivity contribution in [3.8, 4) is 11.3 Å². The van der Waals surface area contributed by atoms with E-state index in [9.17, 15) is 9.59 Å². The summed E-state index contributed by atoms with van der Waals surface area (Å²) >= 11 is 6.50. The molecular weight excluding hydrogens is 502 g/mol. The molecule has 10 nitrogen and oxygen atoms in total. The molecule has 198 valence electrons. The Morgan fingerprint density at radius 2 is 1.70 bits per heavy atom. The van der Waals surface area contributed by atoms with Crippen molar-refractivity contribution >= 4 is 29.2 Å². The third-order valence-electron chi connectivity index (χ3n) is 5.86. The first kappa shape index (κ1) is 28.1. The van der Waals surface area contributed by atoms with Crippen molar-refractivity contribution in [2.24, 2.45) is 0 Å². The van der Waals surface area contributed by atoms with E-state index in [-0.39, 0.29) is 0 Å². The molecule has 0 aliphatic carbocycles. The predicted molar refractivity (Wildman–Crippen MR) is 138 cm³/mol. The lowest BCUT2D eigenvalue weighted by molar-refractivity contribution is -0.165. The Morgan fingerprint density at radius 3 is 2.30 bits per heavy atom. The highest BCUT2D eigenvalue weighted by Crippen LogP contribution is 2.31. The summed E-state index contributed by atoms with van der Waals surface area (Å²) in [4.78, 5) is 24.0. The number of carboxylic acid groups (broad SMARTS) is 2. The first-order valence-electron chi connectivity index (χ1n) is 11.8. The van der Waals surface area contributed by atoms with Gasteiger partial charge in [-0.1, -0.05) is 48.9 Å². The molecular formula is C26H30ClN3O7. The molecule has 0 bridgehead atoms. The number of aliphatic hydroxyl groups is 2. The van der Waals surface area contributed by atoms with E-state index in [4.69, 9.17) is 36.4 Å². The largest absolute Gasteiger partial charge is 0.479 e. The molecule has 0 saturated heterocycles. The van der Waals surface area contributed by atoms with Crippen LogP contribution in [0.4, 0.5) is 5.69 Å². The van der Waals surface area contributed by atoms with E-state index < -0.39 is 24.1 Å². The number of fused-ring (bicyclic) bond motifs is 1. The SMILES string of the molecule is CCc1nc(-c2ccc(CNc3c(Cl)ccc4c3CCNCC4)cc2)co1.O=C(O)[C@H](O)[C@@H](O)C(=O)O. The molecule has 0 fully saturated rings. The van der Waals surface area contributed by atoms with E-state index in [0.717, 1.165) is 66.8 Å². The van der Waals surface area contributed by atoms with Crippen LogP contribution in [0.2, 0.25) is 5.02 Å². The second-order valence-electron chi connectivity index (χ2n) is 8.41. The van der Waals surface area contributed by atoms with Crippen LogP contribution < -0.4 is 10.6 Å². The van der Waals surface area contributed by atoms with E-state index in [1.807, 2.05) is 13.0 Å². The van der Waals surface area contributed by atoms with Gasteiger partial charge in [-0.2, -0.15) is 0 Å². The number of anilines is 1. The molecule has 2 aromatic carbocycles. The van der Waals surface area contributed by atoms with Gasteiger partial charge in [0, 0.05) is 18.5 Å². The van der Waals surface area contributed by atoms with Gasteiger partial charge in [-0.25, -0.2) is 14.6 Å². The summed E-state index contributed by atoms with van der Waals surface area (Å²) < 4.78 is 5.44. The Kier molecular flexibility index (Phi) is 10.0. The lowest BCUT2D eigenvalue weighted by Crippen LogP contribution is -2.39. The molecule has 2 atom stereocenters. The number of aliphatic carboxylic acids is 2. The Morgan fingerprint density at radius 1 is 1.05 bits per heavy atom. The minimum Gasteiger partial charge on any atom is -0.479 e. The fourth-order valence-electron chi connectivity index (χ4n) is 3.79. The number of carbonyl (C=O) groups is 2. The van der Waals surface area contributed by atoms with Crippen molar-refractivity contribution in [1.82, 2.24) is 10.3 Å². The lowest BCUT2D eigenvalue weighted by atomic mass is 10.0. The molecule has 0 radical (unpaired) electrons. The van der Waals surface area contributed by atoms with Crippen molar-refractivity contribution in [2.75, 3.05) is 18.4 Å². The summed E-state index contributed by atoms with van der Waals surface area (Å²) in [5.74, 6) is -2.77. The summed E-state index contributed by atoms with van der Waals surface area (Å²) in [5.41, 5.74) is 6.97. The van der Waals surface area contributed by atoms with E-state index in [2.05, 4.69) is 45.9 Å². The molecule has 1 aliphatic rings. The third-order valence-corrected chi connectivity index (χ3v) is 6.18. The van der Waals surface area contributed by atoms with Crippen molar-refractivity contribution in [2.45, 2.75) is 44.9 Å². The highest BCUT2D eigenvalue weighted by atomic mass is 35.5. The number of halogens is 1. The zero-order valence-corrected chi connectivity index (χ0v) is 21.0. The normalized spacial score (nSPS) is 14.4. The molecule has 0 saturated carbocycles. The van der Waals surface area contributed by atoms with Crippen molar-refractivity contribution in [3.63, 3.8) is 0 Å². The molecule has 0 amide bonds. The van der Waals surface area contributed by atoms with Gasteiger partial charge in [0.2, 0.25) is 0 Å².